The molecule has 0 amide bonds. The van der Waals surface area contributed by atoms with E-state index in [0.717, 1.165) is 15.9 Å². The largest absolute Gasteiger partial charge is 0.224 e. The van der Waals surface area contributed by atoms with Gasteiger partial charge in [0.1, 0.15) is 5.82 Å². The normalized spacial score (nSPS) is 12.0. The number of sulfone groups is 1. The summed E-state index contributed by atoms with van der Waals surface area (Å²) in [6, 6.07) is 10.8. The highest BCUT2D eigenvalue weighted by molar-refractivity contribution is 9.10. The van der Waals surface area contributed by atoms with Crippen LogP contribution in [0.15, 0.2) is 52.3 Å². The molecule has 2 aromatic rings. The van der Waals surface area contributed by atoms with Gasteiger partial charge in [0.25, 0.3) is 0 Å². The predicted octanol–water partition coefficient (Wildman–Crippen LogP) is 4.83. The van der Waals surface area contributed by atoms with Gasteiger partial charge < -0.3 is 0 Å². The smallest absolute Gasteiger partial charge is 0.175 e. The fraction of sp³-hybridized carbons (Fsp3) is 0.0667. The van der Waals surface area contributed by atoms with E-state index in [2.05, 4.69) is 15.9 Å². The molecule has 0 spiro atoms. The maximum atomic E-state index is 12.9. The zero-order valence-electron chi connectivity index (χ0n) is 10.8. The highest BCUT2D eigenvalue weighted by Gasteiger charge is 2.08. The van der Waals surface area contributed by atoms with Crippen molar-refractivity contribution in [2.75, 3.05) is 0 Å². The second-order valence-electron chi connectivity index (χ2n) is 4.40. The van der Waals surface area contributed by atoms with Gasteiger partial charge in [-0.2, -0.15) is 0 Å². The summed E-state index contributed by atoms with van der Waals surface area (Å²) in [4.78, 5) is 0. The van der Waals surface area contributed by atoms with Gasteiger partial charge in [-0.15, -0.1) is 0 Å². The maximum Gasteiger partial charge on any atom is 0.175 e. The molecule has 2 rings (SSSR count). The molecule has 0 aromatic heterocycles. The predicted molar refractivity (Wildman–Crippen MR) is 87.2 cm³/mol. The van der Waals surface area contributed by atoms with Crippen LogP contribution in [0.4, 0.5) is 4.39 Å². The highest BCUT2D eigenvalue weighted by atomic mass is 79.9. The van der Waals surface area contributed by atoms with Crippen LogP contribution in [0.3, 0.4) is 0 Å². The van der Waals surface area contributed by atoms with Gasteiger partial charge in [0.15, 0.2) is 9.84 Å². The van der Waals surface area contributed by atoms with Crippen molar-refractivity contribution in [2.45, 2.75) is 5.75 Å². The molecule has 110 valence electrons. The summed E-state index contributed by atoms with van der Waals surface area (Å²) in [5.74, 6) is -0.565. The van der Waals surface area contributed by atoms with Crippen molar-refractivity contribution in [3.05, 3.63) is 74.3 Å². The lowest BCUT2D eigenvalue weighted by molar-refractivity contribution is 0.604. The number of halogens is 3. The SMILES string of the molecule is O=S(=O)(C=Cc1ccc(F)cc1Cl)Cc1ccc(Br)cc1. The second-order valence-corrected chi connectivity index (χ2v) is 7.61. The first-order chi connectivity index (χ1) is 9.85. The zero-order chi connectivity index (χ0) is 15.5. The Kier molecular flexibility index (Phi) is 5.19. The van der Waals surface area contributed by atoms with Crippen molar-refractivity contribution in [3.63, 3.8) is 0 Å². The molecule has 2 nitrogen and oxygen atoms in total. The van der Waals surface area contributed by atoms with Crippen LogP contribution in [0.2, 0.25) is 5.02 Å². The van der Waals surface area contributed by atoms with E-state index < -0.39 is 15.7 Å². The third-order valence-corrected chi connectivity index (χ3v) is 4.84. The van der Waals surface area contributed by atoms with Gasteiger partial charge in [-0.3, -0.25) is 0 Å². The van der Waals surface area contributed by atoms with Gasteiger partial charge >= 0.3 is 0 Å². The molecule has 0 saturated heterocycles. The Balaban J connectivity index is 2.16. The van der Waals surface area contributed by atoms with Crippen LogP contribution in [0.1, 0.15) is 11.1 Å². The van der Waals surface area contributed by atoms with Crippen molar-refractivity contribution in [1.82, 2.24) is 0 Å². The van der Waals surface area contributed by atoms with E-state index in [1.165, 1.54) is 18.2 Å². The molecule has 6 heteroatoms. The molecule has 2 aromatic carbocycles. The fourth-order valence-corrected chi connectivity index (χ4v) is 3.28. The van der Waals surface area contributed by atoms with Crippen LogP contribution >= 0.6 is 27.5 Å². The molecular formula is C15H11BrClFO2S. The van der Waals surface area contributed by atoms with E-state index in [9.17, 15) is 12.8 Å². The minimum Gasteiger partial charge on any atom is -0.224 e. The highest BCUT2D eigenvalue weighted by Crippen LogP contribution is 2.20. The fourth-order valence-electron chi connectivity index (χ4n) is 1.67. The van der Waals surface area contributed by atoms with E-state index in [4.69, 9.17) is 11.6 Å². The summed E-state index contributed by atoms with van der Waals surface area (Å²) in [6.07, 6.45) is 1.37. The van der Waals surface area contributed by atoms with Crippen molar-refractivity contribution >= 4 is 43.4 Å². The summed E-state index contributed by atoms with van der Waals surface area (Å²) >= 11 is 9.14. The monoisotopic (exact) mass is 388 g/mol. The van der Waals surface area contributed by atoms with Crippen LogP contribution in [0.5, 0.6) is 0 Å². The Bertz CT molecular complexity index is 771. The Morgan fingerprint density at radius 3 is 2.43 bits per heavy atom. The van der Waals surface area contributed by atoms with Gasteiger partial charge in [0.2, 0.25) is 0 Å². The Morgan fingerprint density at radius 2 is 1.81 bits per heavy atom. The third-order valence-electron chi connectivity index (χ3n) is 2.70. The first-order valence-electron chi connectivity index (χ1n) is 5.96. The summed E-state index contributed by atoms with van der Waals surface area (Å²) in [6.45, 7) is 0. The lowest BCUT2D eigenvalue weighted by atomic mass is 10.2. The quantitative estimate of drug-likeness (QED) is 0.751. The van der Waals surface area contributed by atoms with E-state index in [1.807, 2.05) is 0 Å². The van der Waals surface area contributed by atoms with E-state index in [0.29, 0.717) is 11.1 Å². The molecule has 0 aliphatic carbocycles. The molecule has 0 unspecified atom stereocenters. The van der Waals surface area contributed by atoms with Crippen LogP contribution in [-0.2, 0) is 15.6 Å². The average molecular weight is 390 g/mol. The minimum absolute atomic E-state index is 0.102. The minimum atomic E-state index is -3.42. The van der Waals surface area contributed by atoms with E-state index in [1.54, 1.807) is 24.3 Å². The molecule has 0 aliphatic rings. The van der Waals surface area contributed by atoms with Gasteiger partial charge in [-0.25, -0.2) is 12.8 Å². The van der Waals surface area contributed by atoms with Gasteiger partial charge in [0.05, 0.1) is 10.8 Å². The lowest BCUT2D eigenvalue weighted by Gasteiger charge is -2.01. The average Bonchev–Trinajstić information content (AvgIpc) is 2.40. The molecular weight excluding hydrogens is 379 g/mol. The number of rotatable bonds is 4. The molecule has 21 heavy (non-hydrogen) atoms. The summed E-state index contributed by atoms with van der Waals surface area (Å²) in [5.41, 5.74) is 1.14. The standard InChI is InChI=1S/C15H11BrClFO2S/c16-13-4-1-11(2-5-13)10-21(19,20)8-7-12-3-6-14(18)9-15(12)17/h1-9H,10H2. The first-order valence-corrected chi connectivity index (χ1v) is 8.85. The molecule has 0 fully saturated rings. The molecule has 0 radical (unpaired) electrons. The topological polar surface area (TPSA) is 34.1 Å². The Morgan fingerprint density at radius 1 is 1.14 bits per heavy atom. The van der Waals surface area contributed by atoms with E-state index >= 15 is 0 Å². The van der Waals surface area contributed by atoms with Crippen LogP contribution in [0.25, 0.3) is 6.08 Å². The van der Waals surface area contributed by atoms with Gasteiger partial charge in [0, 0.05) is 9.88 Å². The first kappa shape index (κ1) is 16.2. The molecule has 0 heterocycles. The Hall–Kier alpha value is -1.17. The van der Waals surface area contributed by atoms with Crippen LogP contribution in [-0.4, -0.2) is 8.42 Å². The van der Waals surface area contributed by atoms with Gasteiger partial charge in [-0.05, 0) is 41.5 Å². The molecule has 0 bridgehead atoms. The number of benzene rings is 2. The van der Waals surface area contributed by atoms with Crippen molar-refractivity contribution in [1.29, 1.82) is 0 Å². The van der Waals surface area contributed by atoms with Crippen molar-refractivity contribution in [2.24, 2.45) is 0 Å². The van der Waals surface area contributed by atoms with Gasteiger partial charge in [-0.1, -0.05) is 45.7 Å². The van der Waals surface area contributed by atoms with Crippen LogP contribution < -0.4 is 0 Å². The maximum absolute atomic E-state index is 12.9. The number of hydrogen-bond acceptors (Lipinski definition) is 2. The van der Waals surface area contributed by atoms with Crippen LogP contribution in [0, 0.1) is 5.82 Å². The summed E-state index contributed by atoms with van der Waals surface area (Å²) < 4.78 is 37.8. The third kappa shape index (κ3) is 4.95. The molecule has 0 aliphatic heterocycles. The van der Waals surface area contributed by atoms with Crippen molar-refractivity contribution < 1.29 is 12.8 Å². The number of hydrogen-bond donors (Lipinski definition) is 0. The zero-order valence-corrected chi connectivity index (χ0v) is 13.9. The Labute approximate surface area is 136 Å². The van der Waals surface area contributed by atoms with Crippen molar-refractivity contribution in [3.8, 4) is 0 Å². The molecule has 0 N–H and O–H groups in total. The lowest BCUT2D eigenvalue weighted by Crippen LogP contribution is -1.99. The summed E-state index contributed by atoms with van der Waals surface area (Å²) in [7, 11) is -3.42. The summed E-state index contributed by atoms with van der Waals surface area (Å²) in [5, 5.41) is 1.26. The van der Waals surface area contributed by atoms with E-state index in [-0.39, 0.29) is 10.8 Å². The molecule has 0 atom stereocenters. The second kappa shape index (κ2) is 6.73. The molecule has 0 saturated carbocycles.